The van der Waals surface area contributed by atoms with Crippen LogP contribution in [0.25, 0.3) is 0 Å². The van der Waals surface area contributed by atoms with Gasteiger partial charge in [0.2, 0.25) is 0 Å². The van der Waals surface area contributed by atoms with Crippen LogP contribution in [0.15, 0.2) is 48.7 Å². The molecule has 0 aliphatic carbocycles. The minimum absolute atomic E-state index is 0.431. The molecule has 132 valence electrons. The van der Waals surface area contributed by atoms with E-state index in [4.69, 9.17) is 10.5 Å². The highest BCUT2D eigenvalue weighted by atomic mass is 16.5. The molecule has 6 nitrogen and oxygen atoms in total. The Morgan fingerprint density at radius 2 is 1.84 bits per heavy atom. The van der Waals surface area contributed by atoms with E-state index >= 15 is 0 Å². The summed E-state index contributed by atoms with van der Waals surface area (Å²) >= 11 is 0. The topological polar surface area (TPSA) is 71.7 Å². The molecule has 25 heavy (non-hydrogen) atoms. The smallest absolute Gasteiger partial charge is 0.252 e. The van der Waals surface area contributed by atoms with Crippen molar-refractivity contribution in [2.75, 3.05) is 44.2 Å². The Morgan fingerprint density at radius 1 is 1.08 bits per heavy atom. The van der Waals surface area contributed by atoms with E-state index in [1.807, 2.05) is 18.2 Å². The molecule has 1 amide bonds. The number of amides is 1. The summed E-state index contributed by atoms with van der Waals surface area (Å²) in [6, 6.07) is 13.7. The van der Waals surface area contributed by atoms with Crippen LogP contribution in [-0.4, -0.2) is 55.1 Å². The highest BCUT2D eigenvalue weighted by molar-refractivity contribution is 5.97. The Bertz CT molecular complexity index is 685. The predicted molar refractivity (Wildman–Crippen MR) is 97.5 cm³/mol. The molecule has 0 atom stereocenters. The number of rotatable bonds is 7. The molecule has 0 saturated carbocycles. The number of nitrogens with zero attached hydrogens (tertiary/aromatic N) is 3. The van der Waals surface area contributed by atoms with Crippen molar-refractivity contribution in [3.63, 3.8) is 0 Å². The zero-order chi connectivity index (χ0) is 17.5. The second-order valence-corrected chi connectivity index (χ2v) is 6.11. The van der Waals surface area contributed by atoms with E-state index in [0.29, 0.717) is 24.6 Å². The summed E-state index contributed by atoms with van der Waals surface area (Å²) in [7, 11) is 0. The van der Waals surface area contributed by atoms with E-state index in [2.05, 4.69) is 26.9 Å². The fourth-order valence-corrected chi connectivity index (χ4v) is 2.98. The molecule has 1 aliphatic heterocycles. The monoisotopic (exact) mass is 340 g/mol. The van der Waals surface area contributed by atoms with Crippen molar-refractivity contribution in [1.29, 1.82) is 0 Å². The summed E-state index contributed by atoms with van der Waals surface area (Å²) in [6.45, 7) is 5.77. The van der Waals surface area contributed by atoms with E-state index in [1.165, 1.54) is 5.56 Å². The first kappa shape index (κ1) is 17.4. The number of carbonyl (C=O) groups is 1. The molecule has 0 spiro atoms. The van der Waals surface area contributed by atoms with Gasteiger partial charge in [0.1, 0.15) is 5.82 Å². The Balaban J connectivity index is 1.42. The molecular weight excluding hydrogens is 316 g/mol. The number of aromatic nitrogens is 1. The van der Waals surface area contributed by atoms with Crippen LogP contribution in [0.1, 0.15) is 15.9 Å². The van der Waals surface area contributed by atoms with Gasteiger partial charge in [-0.2, -0.15) is 0 Å². The second kappa shape index (κ2) is 8.60. The van der Waals surface area contributed by atoms with Gasteiger partial charge in [-0.15, -0.1) is 0 Å². The zero-order valence-electron chi connectivity index (χ0n) is 14.3. The van der Waals surface area contributed by atoms with Gasteiger partial charge in [0, 0.05) is 38.9 Å². The number of ether oxygens (including phenoxy) is 1. The molecule has 2 N–H and O–H groups in total. The van der Waals surface area contributed by atoms with Crippen molar-refractivity contribution in [1.82, 2.24) is 9.88 Å². The Hall–Kier alpha value is -2.44. The molecular formula is C19H24N4O2. The summed E-state index contributed by atoms with van der Waals surface area (Å²) < 4.78 is 5.76. The first-order valence-corrected chi connectivity index (χ1v) is 8.58. The van der Waals surface area contributed by atoms with Gasteiger partial charge in [-0.25, -0.2) is 4.98 Å². The van der Waals surface area contributed by atoms with Gasteiger partial charge in [0.25, 0.3) is 5.91 Å². The summed E-state index contributed by atoms with van der Waals surface area (Å²) in [5.74, 6) is 0.259. The fraction of sp³-hybridized carbons (Fsp3) is 0.368. The van der Waals surface area contributed by atoms with Crippen LogP contribution in [0.5, 0.6) is 0 Å². The van der Waals surface area contributed by atoms with Crippen LogP contribution in [0.3, 0.4) is 0 Å². The van der Waals surface area contributed by atoms with E-state index in [-0.39, 0.29) is 0 Å². The third kappa shape index (κ3) is 4.78. The van der Waals surface area contributed by atoms with Crippen molar-refractivity contribution < 1.29 is 9.53 Å². The van der Waals surface area contributed by atoms with E-state index in [0.717, 1.165) is 32.7 Å². The minimum Gasteiger partial charge on any atom is -0.375 e. The fourth-order valence-electron chi connectivity index (χ4n) is 2.98. The van der Waals surface area contributed by atoms with E-state index in [9.17, 15) is 4.79 Å². The van der Waals surface area contributed by atoms with E-state index < -0.39 is 5.91 Å². The molecule has 0 radical (unpaired) electrons. The average molecular weight is 340 g/mol. The minimum atomic E-state index is -0.431. The molecule has 6 heteroatoms. The summed E-state index contributed by atoms with van der Waals surface area (Å²) in [5.41, 5.74) is 7.13. The van der Waals surface area contributed by atoms with Crippen molar-refractivity contribution in [2.45, 2.75) is 6.61 Å². The van der Waals surface area contributed by atoms with Crippen LogP contribution >= 0.6 is 0 Å². The molecule has 1 aromatic heterocycles. The zero-order valence-corrected chi connectivity index (χ0v) is 14.3. The number of anilines is 1. The van der Waals surface area contributed by atoms with Gasteiger partial charge < -0.3 is 15.4 Å². The van der Waals surface area contributed by atoms with Crippen molar-refractivity contribution in [3.8, 4) is 0 Å². The quantitative estimate of drug-likeness (QED) is 0.774. The summed E-state index contributed by atoms with van der Waals surface area (Å²) in [4.78, 5) is 20.4. The normalized spacial score (nSPS) is 15.3. The molecule has 1 aliphatic rings. The number of hydrogen-bond donors (Lipinski definition) is 1. The van der Waals surface area contributed by atoms with Crippen LogP contribution in [0.2, 0.25) is 0 Å². The number of primary amides is 1. The molecule has 0 bridgehead atoms. The first-order valence-electron chi connectivity index (χ1n) is 8.58. The van der Waals surface area contributed by atoms with Gasteiger partial charge in [-0.05, 0) is 17.7 Å². The molecule has 2 aromatic rings. The van der Waals surface area contributed by atoms with E-state index in [1.54, 1.807) is 18.3 Å². The number of pyridine rings is 1. The lowest BCUT2D eigenvalue weighted by atomic mass is 10.2. The number of piperazine rings is 1. The largest absolute Gasteiger partial charge is 0.375 e. The van der Waals surface area contributed by atoms with Crippen molar-refractivity contribution >= 4 is 11.7 Å². The molecule has 1 saturated heterocycles. The van der Waals surface area contributed by atoms with Crippen LogP contribution in [-0.2, 0) is 11.3 Å². The van der Waals surface area contributed by atoms with Crippen molar-refractivity contribution in [2.24, 2.45) is 5.73 Å². The molecule has 0 unspecified atom stereocenters. The number of benzene rings is 1. The number of hydrogen-bond acceptors (Lipinski definition) is 5. The third-order valence-corrected chi connectivity index (χ3v) is 4.39. The second-order valence-electron chi connectivity index (χ2n) is 6.11. The van der Waals surface area contributed by atoms with Gasteiger partial charge in [0.15, 0.2) is 0 Å². The highest BCUT2D eigenvalue weighted by Gasteiger charge is 2.21. The van der Waals surface area contributed by atoms with Gasteiger partial charge in [0.05, 0.1) is 18.8 Å². The lowest BCUT2D eigenvalue weighted by molar-refractivity contribution is 0.0906. The maximum Gasteiger partial charge on any atom is 0.252 e. The van der Waals surface area contributed by atoms with Gasteiger partial charge in [-0.3, -0.25) is 9.69 Å². The summed E-state index contributed by atoms with van der Waals surface area (Å²) in [6.07, 6.45) is 1.70. The Labute approximate surface area is 148 Å². The maximum atomic E-state index is 11.5. The number of nitrogens with two attached hydrogens (primary N) is 1. The predicted octanol–water partition coefficient (Wildman–Crippen LogP) is 1.52. The van der Waals surface area contributed by atoms with Crippen LogP contribution in [0.4, 0.5) is 5.82 Å². The van der Waals surface area contributed by atoms with Crippen LogP contribution < -0.4 is 10.6 Å². The van der Waals surface area contributed by atoms with Crippen LogP contribution in [0, 0.1) is 0 Å². The first-order chi connectivity index (χ1) is 12.2. The average Bonchev–Trinajstić information content (AvgIpc) is 2.66. The third-order valence-electron chi connectivity index (χ3n) is 4.39. The summed E-state index contributed by atoms with van der Waals surface area (Å²) in [5, 5.41) is 0. The lowest BCUT2D eigenvalue weighted by Crippen LogP contribution is -2.48. The van der Waals surface area contributed by atoms with Gasteiger partial charge >= 0.3 is 0 Å². The molecule has 2 heterocycles. The highest BCUT2D eigenvalue weighted by Crippen LogP contribution is 2.18. The molecule has 3 rings (SSSR count). The maximum absolute atomic E-state index is 11.5. The standard InChI is InChI=1S/C19H24N4O2/c20-18(24)17-7-4-8-21-19(17)23-11-9-22(10-12-23)13-14-25-15-16-5-2-1-3-6-16/h1-8H,9-15H2,(H2,20,24). The molecule has 1 aromatic carbocycles. The Morgan fingerprint density at radius 3 is 2.56 bits per heavy atom. The molecule has 1 fully saturated rings. The van der Waals surface area contributed by atoms with Crippen molar-refractivity contribution in [3.05, 3.63) is 59.8 Å². The SMILES string of the molecule is NC(=O)c1cccnc1N1CCN(CCOCc2ccccc2)CC1. The lowest BCUT2D eigenvalue weighted by Gasteiger charge is -2.35. The number of carbonyl (C=O) groups excluding carboxylic acids is 1. The van der Waals surface area contributed by atoms with Gasteiger partial charge in [-0.1, -0.05) is 30.3 Å². The Kier molecular flexibility index (Phi) is 5.98.